The van der Waals surface area contributed by atoms with Crippen molar-refractivity contribution in [2.45, 2.75) is 13.8 Å². The van der Waals surface area contributed by atoms with Gasteiger partial charge in [0.2, 0.25) is 0 Å². The maximum absolute atomic E-state index is 11.6. The quantitative estimate of drug-likeness (QED) is 0.408. The average Bonchev–Trinajstić information content (AvgIpc) is 2.41. The van der Waals surface area contributed by atoms with Crippen LogP contribution in [0.25, 0.3) is 0 Å². The molecule has 0 saturated carbocycles. The summed E-state index contributed by atoms with van der Waals surface area (Å²) < 4.78 is 41.3. The van der Waals surface area contributed by atoms with Crippen LogP contribution in [0.1, 0.15) is 32.1 Å². The molecule has 126 valence electrons. The molecule has 0 unspecified atom stereocenters. The number of rotatable bonds is 2. The Labute approximate surface area is 129 Å². The number of aromatic nitrogens is 1. The van der Waals surface area contributed by atoms with E-state index in [1.807, 2.05) is 0 Å². The van der Waals surface area contributed by atoms with Crippen molar-refractivity contribution in [2.75, 3.05) is 14.2 Å². The summed E-state index contributed by atoms with van der Waals surface area (Å²) in [4.78, 5) is 23.1. The molecule has 0 radical (unpaired) electrons. The van der Waals surface area contributed by atoms with E-state index in [1.165, 1.54) is 20.3 Å². The first-order valence-corrected chi connectivity index (χ1v) is 7.09. The van der Waals surface area contributed by atoms with Crippen LogP contribution in [-0.4, -0.2) is 40.1 Å². The number of pyridine rings is 1. The van der Waals surface area contributed by atoms with Crippen LogP contribution in [-0.2, 0) is 16.5 Å². The second-order valence-corrected chi connectivity index (χ2v) is 4.99. The van der Waals surface area contributed by atoms with Gasteiger partial charge in [-0.1, -0.05) is 0 Å². The van der Waals surface area contributed by atoms with Crippen molar-refractivity contribution < 1.29 is 52.5 Å². The van der Waals surface area contributed by atoms with Crippen LogP contribution in [0.5, 0.6) is 0 Å². The van der Waals surface area contributed by atoms with E-state index in [-0.39, 0.29) is 0 Å². The van der Waals surface area contributed by atoms with Crippen molar-refractivity contribution in [2.24, 2.45) is 7.05 Å². The molecule has 22 heavy (non-hydrogen) atoms. The van der Waals surface area contributed by atoms with Crippen LogP contribution in [0, 0.1) is 24.1 Å². The number of esters is 2. The molecular weight excluding hydrogens is 322 g/mol. The summed E-state index contributed by atoms with van der Waals surface area (Å²) in [7, 11) is 0.197. The molecule has 0 aromatic carbocycles. The Morgan fingerprint density at radius 2 is 1.32 bits per heavy atom. The van der Waals surface area contributed by atoms with Gasteiger partial charge in [0, 0.05) is 13.8 Å². The third kappa shape index (κ3) is 5.92. The zero-order chi connectivity index (χ0) is 17.7. The van der Waals surface area contributed by atoms with E-state index in [0.29, 0.717) is 11.1 Å². The molecule has 1 aromatic heterocycles. The predicted molar refractivity (Wildman–Crippen MR) is 66.4 cm³/mol. The van der Waals surface area contributed by atoms with Gasteiger partial charge in [-0.25, -0.2) is 14.2 Å². The molecule has 10 heteroatoms. The number of carbonyl (C=O) groups excluding carboxylic acids is 2. The number of carbonyl (C=O) groups is 2. The number of methoxy groups -OCH3 is 2. The third-order valence-corrected chi connectivity index (χ3v) is 2.89. The van der Waals surface area contributed by atoms with Gasteiger partial charge in [-0.15, -0.1) is 0 Å². The van der Waals surface area contributed by atoms with E-state index in [2.05, 4.69) is 9.47 Å². The standard InChI is InChI=1S/C12H16NO4.ClH3O4/c1-7-9(11(14)16-4)6-10(12(15)17-5)8(2)13(7)3;2-1(3,4)5/h6H,1-5H3;2-4H/q+1;. The fourth-order valence-electron chi connectivity index (χ4n) is 1.60. The first-order valence-electron chi connectivity index (χ1n) is 5.77. The van der Waals surface area contributed by atoms with E-state index in [1.54, 1.807) is 25.5 Å². The van der Waals surface area contributed by atoms with E-state index >= 15 is 0 Å². The molecule has 0 aliphatic rings. The predicted octanol–water partition coefficient (Wildman–Crippen LogP) is -2.16. The first kappa shape index (κ1) is 20.2. The van der Waals surface area contributed by atoms with Gasteiger partial charge in [0.15, 0.2) is 11.4 Å². The molecule has 0 aliphatic heterocycles. The minimum absolute atomic E-state index is 0.362. The van der Waals surface area contributed by atoms with Crippen LogP contribution in [0.3, 0.4) is 0 Å². The second-order valence-electron chi connectivity index (χ2n) is 4.12. The molecule has 0 amide bonds. The summed E-state index contributed by atoms with van der Waals surface area (Å²) >= 11 is 0. The van der Waals surface area contributed by atoms with Gasteiger partial charge < -0.3 is 9.47 Å². The zero-order valence-corrected chi connectivity index (χ0v) is 13.5. The van der Waals surface area contributed by atoms with Crippen molar-refractivity contribution in [3.05, 3.63) is 28.6 Å². The first-order chi connectivity index (χ1) is 9.93. The number of ether oxygens (including phenoxy) is 2. The number of hydrogen-bond donors (Lipinski definition) is 3. The van der Waals surface area contributed by atoms with Gasteiger partial charge in [-0.2, -0.15) is 0 Å². The Balaban J connectivity index is 0.000000763. The molecular formula is C12H19ClNO8+. The monoisotopic (exact) mass is 340 g/mol. The van der Waals surface area contributed by atoms with Gasteiger partial charge in [-0.05, 0) is 6.07 Å². The fraction of sp³-hybridized carbons (Fsp3) is 0.417. The van der Waals surface area contributed by atoms with Crippen molar-refractivity contribution in [3.63, 3.8) is 0 Å². The van der Waals surface area contributed by atoms with Crippen LogP contribution >= 0.6 is 0 Å². The summed E-state index contributed by atoms with van der Waals surface area (Å²) in [5.74, 6) is -0.938. The van der Waals surface area contributed by atoms with Crippen molar-refractivity contribution >= 4 is 11.9 Å². The van der Waals surface area contributed by atoms with Crippen molar-refractivity contribution in [1.29, 1.82) is 0 Å². The van der Waals surface area contributed by atoms with E-state index in [0.717, 1.165) is 11.4 Å². The Bertz CT molecular complexity index is 521. The maximum atomic E-state index is 11.6. The average molecular weight is 341 g/mol. The van der Waals surface area contributed by atoms with Crippen LogP contribution in [0.2, 0.25) is 0 Å². The summed E-state index contributed by atoms with van der Waals surface area (Å²) in [5.41, 5.74) is 2.20. The summed E-state index contributed by atoms with van der Waals surface area (Å²) in [6.45, 7) is 3.58. The molecule has 0 atom stereocenters. The minimum atomic E-state index is -4.19. The van der Waals surface area contributed by atoms with Crippen LogP contribution in [0.15, 0.2) is 6.07 Å². The number of halogens is 1. The molecule has 0 saturated heterocycles. The molecule has 1 heterocycles. The Hall–Kier alpha value is -1.78. The molecule has 0 bridgehead atoms. The third-order valence-electron chi connectivity index (χ3n) is 2.89. The van der Waals surface area contributed by atoms with Gasteiger partial charge in [-0.3, -0.25) is 0 Å². The van der Waals surface area contributed by atoms with Gasteiger partial charge in [0.1, 0.15) is 18.2 Å². The number of hydrogen-bond acceptors (Lipinski definition) is 8. The topological polar surface area (TPSA) is 140 Å². The molecule has 3 N–H and O–H groups in total. The number of nitrogens with zero attached hydrogens (tertiary/aromatic N) is 1. The van der Waals surface area contributed by atoms with Crippen LogP contribution < -0.4 is 9.23 Å². The van der Waals surface area contributed by atoms with Gasteiger partial charge >= 0.3 is 40.8 Å². The molecule has 1 rings (SSSR count). The molecule has 1 aromatic rings. The van der Waals surface area contributed by atoms with Crippen molar-refractivity contribution in [1.82, 2.24) is 0 Å². The summed E-state index contributed by atoms with van der Waals surface area (Å²) in [6.07, 6.45) is 0. The molecule has 0 aliphatic carbocycles. The van der Waals surface area contributed by atoms with Crippen molar-refractivity contribution in [3.8, 4) is 0 Å². The zero-order valence-electron chi connectivity index (χ0n) is 12.8. The SMILES string of the molecule is COC(=O)c1cc(C(=O)OC)c(C)[n+](C)c1C.[O-][Cl+](O)(O)O. The van der Waals surface area contributed by atoms with Gasteiger partial charge in [0.05, 0.1) is 14.2 Å². The molecule has 0 fully saturated rings. The Kier molecular flexibility index (Phi) is 7.36. The Morgan fingerprint density at radius 3 is 1.55 bits per heavy atom. The van der Waals surface area contributed by atoms with Crippen LogP contribution in [0.4, 0.5) is 0 Å². The molecule has 0 spiro atoms. The fourth-order valence-corrected chi connectivity index (χ4v) is 1.60. The van der Waals surface area contributed by atoms with Gasteiger partial charge in [0.25, 0.3) is 0 Å². The van der Waals surface area contributed by atoms with E-state index < -0.39 is 22.2 Å². The molecule has 9 nitrogen and oxygen atoms in total. The Morgan fingerprint density at radius 1 is 1.05 bits per heavy atom. The summed E-state index contributed by atoms with van der Waals surface area (Å²) in [6, 6.07) is 1.50. The second kappa shape index (κ2) is 8.01. The summed E-state index contributed by atoms with van der Waals surface area (Å²) in [5, 5.41) is 0. The van der Waals surface area contributed by atoms with E-state index in [4.69, 9.17) is 18.6 Å². The normalized spacial score (nSPS) is 11.1. The van der Waals surface area contributed by atoms with E-state index in [9.17, 15) is 9.59 Å².